The first-order valence-electron chi connectivity index (χ1n) is 6.36. The van der Waals surface area contributed by atoms with E-state index in [2.05, 4.69) is 45.0 Å². The number of nitrogens with zero attached hydrogens (tertiary/aromatic N) is 1. The predicted octanol–water partition coefficient (Wildman–Crippen LogP) is 2.35. The van der Waals surface area contributed by atoms with Gasteiger partial charge in [-0.3, -0.25) is 0 Å². The number of rotatable bonds is 5. The molecule has 0 saturated heterocycles. The van der Waals surface area contributed by atoms with Gasteiger partial charge in [-0.25, -0.2) is 0 Å². The minimum absolute atomic E-state index is 0.549. The fraction of sp³-hybridized carbons (Fsp3) is 1.00. The number of hydrogen-bond acceptors (Lipinski definition) is 2. The van der Waals surface area contributed by atoms with Crippen LogP contribution in [0.4, 0.5) is 0 Å². The molecule has 0 aromatic rings. The molecule has 0 spiro atoms. The summed E-state index contributed by atoms with van der Waals surface area (Å²) in [5, 5.41) is 3.71. The Labute approximate surface area is 95.4 Å². The quantitative estimate of drug-likeness (QED) is 0.752. The monoisotopic (exact) mass is 212 g/mol. The van der Waals surface area contributed by atoms with Gasteiger partial charge in [0.1, 0.15) is 0 Å². The molecule has 0 aliphatic heterocycles. The molecule has 1 saturated carbocycles. The Morgan fingerprint density at radius 3 is 2.47 bits per heavy atom. The van der Waals surface area contributed by atoms with Crippen molar-refractivity contribution < 1.29 is 0 Å². The van der Waals surface area contributed by atoms with Crippen molar-refractivity contribution in [1.82, 2.24) is 10.2 Å². The van der Waals surface area contributed by atoms with Gasteiger partial charge in [0.15, 0.2) is 0 Å². The van der Waals surface area contributed by atoms with E-state index in [1.165, 1.54) is 19.4 Å². The lowest BCUT2D eigenvalue weighted by Gasteiger charge is -2.20. The summed E-state index contributed by atoms with van der Waals surface area (Å²) in [5.74, 6) is 0.840. The Kier molecular flexibility index (Phi) is 4.60. The standard InChI is InChI=1S/C13H28N2/c1-6-15(5)8-7-14-12-10-13(3,4)9-11(12)2/h11-12,14H,6-10H2,1-5H3. The van der Waals surface area contributed by atoms with Crippen LogP contribution in [0.5, 0.6) is 0 Å². The maximum Gasteiger partial charge on any atom is 0.0104 e. The Morgan fingerprint density at radius 1 is 1.33 bits per heavy atom. The van der Waals surface area contributed by atoms with Crippen LogP contribution in [0.25, 0.3) is 0 Å². The molecule has 1 fully saturated rings. The zero-order chi connectivity index (χ0) is 11.5. The Bertz CT molecular complexity index is 189. The van der Waals surface area contributed by atoms with Crippen LogP contribution in [-0.2, 0) is 0 Å². The highest BCUT2D eigenvalue weighted by atomic mass is 15.1. The normalized spacial score (nSPS) is 30.0. The highest BCUT2D eigenvalue weighted by Crippen LogP contribution is 2.40. The van der Waals surface area contributed by atoms with Gasteiger partial charge in [0.2, 0.25) is 0 Å². The molecule has 1 N–H and O–H groups in total. The largest absolute Gasteiger partial charge is 0.312 e. The van der Waals surface area contributed by atoms with E-state index in [-0.39, 0.29) is 0 Å². The maximum absolute atomic E-state index is 3.71. The SMILES string of the molecule is CCN(C)CCNC1CC(C)(C)CC1C. The third-order valence-electron chi connectivity index (χ3n) is 3.77. The van der Waals surface area contributed by atoms with Gasteiger partial charge in [-0.05, 0) is 37.8 Å². The summed E-state index contributed by atoms with van der Waals surface area (Å²) in [6.45, 7) is 12.8. The minimum atomic E-state index is 0.549. The van der Waals surface area contributed by atoms with E-state index in [1.54, 1.807) is 0 Å². The van der Waals surface area contributed by atoms with Crippen LogP contribution >= 0.6 is 0 Å². The molecule has 2 heteroatoms. The number of nitrogens with one attached hydrogen (secondary N) is 1. The van der Waals surface area contributed by atoms with Gasteiger partial charge < -0.3 is 10.2 Å². The van der Waals surface area contributed by atoms with E-state index < -0.39 is 0 Å². The summed E-state index contributed by atoms with van der Waals surface area (Å²) in [6, 6.07) is 0.741. The summed E-state index contributed by atoms with van der Waals surface area (Å²) in [7, 11) is 2.18. The molecular formula is C13H28N2. The average molecular weight is 212 g/mol. The molecule has 1 aliphatic carbocycles. The topological polar surface area (TPSA) is 15.3 Å². The molecule has 0 aromatic heterocycles. The third kappa shape index (κ3) is 4.12. The summed E-state index contributed by atoms with van der Waals surface area (Å²) < 4.78 is 0. The summed E-state index contributed by atoms with van der Waals surface area (Å²) in [5.41, 5.74) is 0.549. The Morgan fingerprint density at radius 2 is 2.00 bits per heavy atom. The fourth-order valence-corrected chi connectivity index (χ4v) is 2.77. The minimum Gasteiger partial charge on any atom is -0.312 e. The van der Waals surface area contributed by atoms with Gasteiger partial charge in [-0.1, -0.05) is 27.7 Å². The summed E-state index contributed by atoms with van der Waals surface area (Å²) >= 11 is 0. The molecule has 2 unspecified atom stereocenters. The number of likely N-dealkylation sites (N-methyl/N-ethyl adjacent to an activating group) is 1. The first-order valence-corrected chi connectivity index (χ1v) is 6.36. The maximum atomic E-state index is 3.71. The molecule has 2 nitrogen and oxygen atoms in total. The lowest BCUT2D eigenvalue weighted by Crippen LogP contribution is -2.37. The van der Waals surface area contributed by atoms with E-state index in [1.807, 2.05) is 0 Å². The fourth-order valence-electron chi connectivity index (χ4n) is 2.77. The highest BCUT2D eigenvalue weighted by molar-refractivity contribution is 4.91. The van der Waals surface area contributed by atoms with E-state index in [9.17, 15) is 0 Å². The zero-order valence-electron chi connectivity index (χ0n) is 11.1. The van der Waals surface area contributed by atoms with Gasteiger partial charge in [0, 0.05) is 19.1 Å². The Hall–Kier alpha value is -0.0800. The van der Waals surface area contributed by atoms with Crippen LogP contribution in [0.2, 0.25) is 0 Å². The van der Waals surface area contributed by atoms with Crippen LogP contribution in [0.3, 0.4) is 0 Å². The summed E-state index contributed by atoms with van der Waals surface area (Å²) in [4.78, 5) is 2.36. The van der Waals surface area contributed by atoms with Crippen LogP contribution in [0, 0.1) is 11.3 Å². The van der Waals surface area contributed by atoms with Gasteiger partial charge in [0.25, 0.3) is 0 Å². The van der Waals surface area contributed by atoms with Gasteiger partial charge in [0.05, 0.1) is 0 Å². The average Bonchev–Trinajstić information content (AvgIpc) is 2.39. The molecule has 90 valence electrons. The first kappa shape index (κ1) is 13.0. The van der Waals surface area contributed by atoms with Crippen LogP contribution in [-0.4, -0.2) is 37.6 Å². The highest BCUT2D eigenvalue weighted by Gasteiger charge is 2.35. The molecule has 1 aliphatic rings. The molecule has 0 radical (unpaired) electrons. The lowest BCUT2D eigenvalue weighted by molar-refractivity contribution is 0.324. The van der Waals surface area contributed by atoms with Crippen LogP contribution < -0.4 is 5.32 Å². The van der Waals surface area contributed by atoms with Gasteiger partial charge >= 0.3 is 0 Å². The molecule has 2 atom stereocenters. The van der Waals surface area contributed by atoms with E-state index in [4.69, 9.17) is 0 Å². The van der Waals surface area contributed by atoms with Crippen molar-refractivity contribution in [1.29, 1.82) is 0 Å². The second-order valence-corrected chi connectivity index (χ2v) is 6.01. The Balaban J connectivity index is 2.22. The van der Waals surface area contributed by atoms with Crippen molar-refractivity contribution in [2.45, 2.75) is 46.6 Å². The molecule has 15 heavy (non-hydrogen) atoms. The zero-order valence-corrected chi connectivity index (χ0v) is 11.1. The second-order valence-electron chi connectivity index (χ2n) is 6.01. The molecule has 0 amide bonds. The van der Waals surface area contributed by atoms with Crippen molar-refractivity contribution in [3.63, 3.8) is 0 Å². The lowest BCUT2D eigenvalue weighted by atomic mass is 9.91. The van der Waals surface area contributed by atoms with Gasteiger partial charge in [-0.2, -0.15) is 0 Å². The van der Waals surface area contributed by atoms with Crippen LogP contribution in [0.1, 0.15) is 40.5 Å². The molecule has 0 aromatic carbocycles. The second kappa shape index (κ2) is 5.31. The van der Waals surface area contributed by atoms with Crippen molar-refractivity contribution in [3.8, 4) is 0 Å². The van der Waals surface area contributed by atoms with Crippen molar-refractivity contribution in [2.75, 3.05) is 26.7 Å². The molecular weight excluding hydrogens is 184 g/mol. The summed E-state index contributed by atoms with van der Waals surface area (Å²) in [6.07, 6.45) is 2.71. The molecule has 1 rings (SSSR count). The van der Waals surface area contributed by atoms with E-state index in [0.717, 1.165) is 25.0 Å². The molecule has 0 bridgehead atoms. The van der Waals surface area contributed by atoms with Crippen molar-refractivity contribution in [2.24, 2.45) is 11.3 Å². The van der Waals surface area contributed by atoms with E-state index in [0.29, 0.717) is 5.41 Å². The first-order chi connectivity index (χ1) is 6.94. The number of hydrogen-bond donors (Lipinski definition) is 1. The van der Waals surface area contributed by atoms with Crippen molar-refractivity contribution >= 4 is 0 Å². The molecule has 0 heterocycles. The third-order valence-corrected chi connectivity index (χ3v) is 3.77. The van der Waals surface area contributed by atoms with Gasteiger partial charge in [-0.15, -0.1) is 0 Å². The van der Waals surface area contributed by atoms with Crippen LogP contribution in [0.15, 0.2) is 0 Å². The van der Waals surface area contributed by atoms with Crippen molar-refractivity contribution in [3.05, 3.63) is 0 Å². The van der Waals surface area contributed by atoms with E-state index >= 15 is 0 Å². The predicted molar refractivity (Wildman–Crippen MR) is 67.1 cm³/mol. The smallest absolute Gasteiger partial charge is 0.0104 e.